The van der Waals surface area contributed by atoms with Gasteiger partial charge in [0.15, 0.2) is 14.5 Å². The number of nitrogens with zero attached hydrogens (tertiary/aromatic N) is 1. The van der Waals surface area contributed by atoms with Crippen LogP contribution in [0.2, 0.25) is 18.1 Å². The van der Waals surface area contributed by atoms with Crippen molar-refractivity contribution in [3.8, 4) is 0 Å². The number of hydrogen-bond acceptors (Lipinski definition) is 6. The van der Waals surface area contributed by atoms with E-state index in [1.807, 2.05) is 30.3 Å². The van der Waals surface area contributed by atoms with E-state index in [2.05, 4.69) is 49.8 Å². The van der Waals surface area contributed by atoms with Crippen molar-refractivity contribution in [1.29, 1.82) is 0 Å². The molecular weight excluding hydrogens is 506 g/mol. The van der Waals surface area contributed by atoms with Gasteiger partial charge in [0.2, 0.25) is 0 Å². The number of hydrogen-bond donors (Lipinski definition) is 0. The maximum absolute atomic E-state index is 13.1. The van der Waals surface area contributed by atoms with Gasteiger partial charge in [-0.2, -0.15) is 0 Å². The lowest BCUT2D eigenvalue weighted by atomic mass is 9.94. The zero-order chi connectivity index (χ0) is 24.4. The molecular formula is C24H36BrNO6Si. The smallest absolute Gasteiger partial charge is 0.412 e. The molecule has 2 saturated heterocycles. The molecule has 1 amide bonds. The molecule has 33 heavy (non-hydrogen) atoms. The zero-order valence-electron chi connectivity index (χ0n) is 20.4. The maximum atomic E-state index is 13.1. The number of rotatable bonds is 8. The van der Waals surface area contributed by atoms with Crippen LogP contribution in [0, 0.1) is 5.92 Å². The summed E-state index contributed by atoms with van der Waals surface area (Å²) in [6.07, 6.45) is -1.40. The Labute approximate surface area is 206 Å². The fourth-order valence-electron chi connectivity index (χ4n) is 3.93. The van der Waals surface area contributed by atoms with Crippen molar-refractivity contribution < 1.29 is 28.2 Å². The lowest BCUT2D eigenvalue weighted by molar-refractivity contribution is -0.147. The highest BCUT2D eigenvalue weighted by molar-refractivity contribution is 9.09. The van der Waals surface area contributed by atoms with Gasteiger partial charge in [0.1, 0.15) is 6.10 Å². The SMILES string of the molecule is CCOC(=O)C[C@H](CO[Si](C)(C)C(C)(C)C)[C@@H]1OC(=O)N2[C@H](OC[C@H]2c2ccccc2)[C@H]1Br. The average Bonchev–Trinajstić information content (AvgIpc) is 3.20. The van der Waals surface area contributed by atoms with E-state index in [1.54, 1.807) is 11.8 Å². The lowest BCUT2D eigenvalue weighted by Crippen LogP contribution is -2.57. The Balaban J connectivity index is 1.80. The van der Waals surface area contributed by atoms with Crippen LogP contribution in [0.5, 0.6) is 0 Å². The van der Waals surface area contributed by atoms with Gasteiger partial charge in [-0.25, -0.2) is 4.79 Å². The van der Waals surface area contributed by atoms with Gasteiger partial charge in [0.25, 0.3) is 0 Å². The predicted molar refractivity (Wildman–Crippen MR) is 132 cm³/mol. The van der Waals surface area contributed by atoms with E-state index in [-0.39, 0.29) is 34.2 Å². The monoisotopic (exact) mass is 541 g/mol. The molecule has 0 N–H and O–H groups in total. The number of carbonyl (C=O) groups is 2. The third kappa shape index (κ3) is 5.81. The molecule has 0 unspecified atom stereocenters. The predicted octanol–water partition coefficient (Wildman–Crippen LogP) is 5.26. The molecule has 2 heterocycles. The van der Waals surface area contributed by atoms with Crippen molar-refractivity contribution in [3.63, 3.8) is 0 Å². The lowest BCUT2D eigenvalue weighted by Gasteiger charge is -2.43. The zero-order valence-corrected chi connectivity index (χ0v) is 23.0. The van der Waals surface area contributed by atoms with Gasteiger partial charge >= 0.3 is 12.1 Å². The molecule has 0 aromatic heterocycles. The standard InChI is InChI=1S/C24H36BrNO6Si/c1-7-29-19(27)13-17(14-31-33(5,6)24(2,3)4)21-20(25)22-26(23(28)32-21)18(15-30-22)16-11-9-8-10-12-16/h8-12,17-18,20-22H,7,13-15H2,1-6H3/t17-,18+,20+,21+,22-/m1/s1. The first-order valence-electron chi connectivity index (χ1n) is 11.6. The minimum atomic E-state index is -2.07. The minimum Gasteiger partial charge on any atom is -0.466 e. The second-order valence-corrected chi connectivity index (χ2v) is 16.1. The van der Waals surface area contributed by atoms with Gasteiger partial charge < -0.3 is 18.6 Å². The van der Waals surface area contributed by atoms with Crippen LogP contribution in [0.15, 0.2) is 30.3 Å². The van der Waals surface area contributed by atoms with Crippen LogP contribution >= 0.6 is 15.9 Å². The van der Waals surface area contributed by atoms with Gasteiger partial charge in [0.05, 0.1) is 30.5 Å². The van der Waals surface area contributed by atoms with Crippen LogP contribution < -0.4 is 0 Å². The van der Waals surface area contributed by atoms with Crippen LogP contribution in [0.1, 0.15) is 45.7 Å². The Morgan fingerprint density at radius 1 is 1.27 bits per heavy atom. The second-order valence-electron chi connectivity index (χ2n) is 10.2. The molecule has 0 aliphatic carbocycles. The molecule has 1 aromatic rings. The number of alkyl halides is 1. The Kier molecular flexibility index (Phi) is 8.30. The summed E-state index contributed by atoms with van der Waals surface area (Å²) in [6.45, 7) is 13.6. The fraction of sp³-hybridized carbons (Fsp3) is 0.667. The number of halogens is 1. The van der Waals surface area contributed by atoms with Crippen molar-refractivity contribution >= 4 is 36.3 Å². The molecule has 7 nitrogen and oxygen atoms in total. The van der Waals surface area contributed by atoms with Gasteiger partial charge in [-0.15, -0.1) is 0 Å². The first kappa shape index (κ1) is 26.2. The number of cyclic esters (lactones) is 1. The van der Waals surface area contributed by atoms with Crippen molar-refractivity contribution in [2.75, 3.05) is 19.8 Å². The van der Waals surface area contributed by atoms with E-state index in [9.17, 15) is 9.59 Å². The molecule has 2 aliphatic heterocycles. The van der Waals surface area contributed by atoms with Crippen molar-refractivity contribution in [1.82, 2.24) is 4.90 Å². The van der Waals surface area contributed by atoms with Gasteiger partial charge in [0, 0.05) is 12.5 Å². The Morgan fingerprint density at radius 2 is 1.94 bits per heavy atom. The molecule has 1 aromatic carbocycles. The van der Waals surface area contributed by atoms with E-state index >= 15 is 0 Å². The van der Waals surface area contributed by atoms with Crippen molar-refractivity contribution in [2.45, 2.75) is 75.4 Å². The van der Waals surface area contributed by atoms with Crippen molar-refractivity contribution in [2.24, 2.45) is 5.92 Å². The van der Waals surface area contributed by atoms with Gasteiger partial charge in [-0.3, -0.25) is 9.69 Å². The first-order valence-corrected chi connectivity index (χ1v) is 15.4. The van der Waals surface area contributed by atoms with E-state index in [0.29, 0.717) is 19.8 Å². The summed E-state index contributed by atoms with van der Waals surface area (Å²) in [7, 11) is -2.07. The van der Waals surface area contributed by atoms with Crippen molar-refractivity contribution in [3.05, 3.63) is 35.9 Å². The molecule has 2 aliphatic rings. The highest BCUT2D eigenvalue weighted by Gasteiger charge is 2.53. The summed E-state index contributed by atoms with van der Waals surface area (Å²) in [5.74, 6) is -0.679. The third-order valence-corrected chi connectivity index (χ3v) is 12.4. The van der Waals surface area contributed by atoms with Crippen LogP contribution in [0.4, 0.5) is 4.79 Å². The van der Waals surface area contributed by atoms with Gasteiger partial charge in [-0.1, -0.05) is 67.0 Å². The average molecular weight is 543 g/mol. The molecule has 184 valence electrons. The van der Waals surface area contributed by atoms with Crippen LogP contribution in [0.3, 0.4) is 0 Å². The summed E-state index contributed by atoms with van der Waals surface area (Å²) in [5.41, 5.74) is 0.999. The van der Waals surface area contributed by atoms with E-state index in [4.69, 9.17) is 18.6 Å². The summed E-state index contributed by atoms with van der Waals surface area (Å²) in [6, 6.07) is 9.58. The highest BCUT2D eigenvalue weighted by Crippen LogP contribution is 2.42. The number of esters is 1. The molecule has 2 fully saturated rings. The van der Waals surface area contributed by atoms with Crippen LogP contribution in [0.25, 0.3) is 0 Å². The van der Waals surface area contributed by atoms with E-state index < -0.39 is 26.7 Å². The topological polar surface area (TPSA) is 74.3 Å². The summed E-state index contributed by atoms with van der Waals surface area (Å²) >= 11 is 3.74. The summed E-state index contributed by atoms with van der Waals surface area (Å²) < 4.78 is 23.7. The molecule has 9 heteroatoms. The maximum Gasteiger partial charge on any atom is 0.412 e. The minimum absolute atomic E-state index is 0.0206. The summed E-state index contributed by atoms with van der Waals surface area (Å²) in [5, 5.41) is 0.0206. The molecule has 5 atom stereocenters. The number of benzene rings is 1. The molecule has 0 radical (unpaired) electrons. The second kappa shape index (κ2) is 10.5. The number of fused-ring (bicyclic) bond motifs is 1. The molecule has 3 rings (SSSR count). The van der Waals surface area contributed by atoms with E-state index in [0.717, 1.165) is 5.56 Å². The number of amides is 1. The summed E-state index contributed by atoms with van der Waals surface area (Å²) in [4.78, 5) is 26.9. The largest absolute Gasteiger partial charge is 0.466 e. The number of carbonyl (C=O) groups excluding carboxylic acids is 2. The highest BCUT2D eigenvalue weighted by atomic mass is 79.9. The molecule has 0 bridgehead atoms. The Bertz CT molecular complexity index is 830. The van der Waals surface area contributed by atoms with Crippen LogP contribution in [-0.4, -0.2) is 62.3 Å². The number of ether oxygens (including phenoxy) is 3. The Morgan fingerprint density at radius 3 is 2.55 bits per heavy atom. The Hall–Kier alpha value is -1.42. The fourth-order valence-corrected chi connectivity index (χ4v) is 5.94. The van der Waals surface area contributed by atoms with Crippen LogP contribution in [-0.2, 0) is 23.4 Å². The molecule has 0 saturated carbocycles. The normalized spacial score (nSPS) is 26.5. The van der Waals surface area contributed by atoms with E-state index in [1.165, 1.54) is 0 Å². The quantitative estimate of drug-likeness (QED) is 0.254. The third-order valence-electron chi connectivity index (χ3n) is 6.92. The molecule has 0 spiro atoms. The van der Waals surface area contributed by atoms with Gasteiger partial charge in [-0.05, 0) is 30.6 Å². The first-order chi connectivity index (χ1) is 15.5.